The summed E-state index contributed by atoms with van der Waals surface area (Å²) < 4.78 is 12.6. The summed E-state index contributed by atoms with van der Waals surface area (Å²) in [4.78, 5) is 0. The van der Waals surface area contributed by atoms with Crippen molar-refractivity contribution in [1.82, 2.24) is 20.3 Å². The number of hydrogen-bond donors (Lipinski definition) is 1. The van der Waals surface area contributed by atoms with Gasteiger partial charge in [0.2, 0.25) is 0 Å². The maximum Gasteiger partial charge on any atom is 0.174 e. The summed E-state index contributed by atoms with van der Waals surface area (Å²) in [5, 5.41) is 11.5. The van der Waals surface area contributed by atoms with Gasteiger partial charge in [-0.2, -0.15) is 5.10 Å². The summed E-state index contributed by atoms with van der Waals surface area (Å²) in [6.07, 6.45) is 3.56. The number of nitrogens with one attached hydrogen (secondary N) is 1. The molecular formula is C14H22N4O2. The van der Waals surface area contributed by atoms with Crippen LogP contribution in [-0.4, -0.2) is 21.5 Å². The lowest BCUT2D eigenvalue weighted by Crippen LogP contribution is -2.19. The standard InChI is InChI=1S/C14H22N4O2/c1-4-18-9-14(8-16-18)19-10-13-5-12(17-20-13)7-15-6-11(2)3/h5,8-9,11,15H,4,6-7,10H2,1-3H3. The fourth-order valence-corrected chi connectivity index (χ4v) is 1.74. The largest absolute Gasteiger partial charge is 0.482 e. The number of aromatic nitrogens is 3. The first-order valence-corrected chi connectivity index (χ1v) is 6.97. The highest BCUT2D eigenvalue weighted by molar-refractivity contribution is 5.13. The Bertz CT molecular complexity index is 519. The normalized spacial score (nSPS) is 11.2. The van der Waals surface area contributed by atoms with Gasteiger partial charge in [-0.15, -0.1) is 0 Å². The first-order chi connectivity index (χ1) is 9.67. The molecule has 0 aromatic carbocycles. The molecule has 2 rings (SSSR count). The molecular weight excluding hydrogens is 256 g/mol. The monoisotopic (exact) mass is 278 g/mol. The van der Waals surface area contributed by atoms with E-state index in [9.17, 15) is 0 Å². The van der Waals surface area contributed by atoms with E-state index >= 15 is 0 Å². The summed E-state index contributed by atoms with van der Waals surface area (Å²) >= 11 is 0. The topological polar surface area (TPSA) is 65.1 Å². The maximum atomic E-state index is 5.59. The molecule has 0 atom stereocenters. The van der Waals surface area contributed by atoms with Crippen LogP contribution in [-0.2, 0) is 19.7 Å². The van der Waals surface area contributed by atoms with Crippen LogP contribution in [0, 0.1) is 5.92 Å². The van der Waals surface area contributed by atoms with Crippen LogP contribution in [0.5, 0.6) is 5.75 Å². The van der Waals surface area contributed by atoms with Crippen LogP contribution >= 0.6 is 0 Å². The first-order valence-electron chi connectivity index (χ1n) is 6.97. The van der Waals surface area contributed by atoms with Crippen LogP contribution in [0.2, 0.25) is 0 Å². The Labute approximate surface area is 119 Å². The highest BCUT2D eigenvalue weighted by Gasteiger charge is 2.06. The fourth-order valence-electron chi connectivity index (χ4n) is 1.74. The molecule has 0 fully saturated rings. The van der Waals surface area contributed by atoms with Crippen LogP contribution in [0.3, 0.4) is 0 Å². The molecule has 0 aliphatic rings. The van der Waals surface area contributed by atoms with Gasteiger partial charge in [-0.25, -0.2) is 0 Å². The zero-order valence-electron chi connectivity index (χ0n) is 12.3. The Morgan fingerprint density at radius 1 is 1.45 bits per heavy atom. The van der Waals surface area contributed by atoms with Gasteiger partial charge in [-0.1, -0.05) is 19.0 Å². The summed E-state index contributed by atoms with van der Waals surface area (Å²) in [5.74, 6) is 2.08. The molecule has 0 radical (unpaired) electrons. The highest BCUT2D eigenvalue weighted by Crippen LogP contribution is 2.12. The Morgan fingerprint density at radius 2 is 2.30 bits per heavy atom. The van der Waals surface area contributed by atoms with Gasteiger partial charge < -0.3 is 14.6 Å². The summed E-state index contributed by atoms with van der Waals surface area (Å²) in [6, 6.07) is 1.91. The van der Waals surface area contributed by atoms with E-state index in [0.29, 0.717) is 12.5 Å². The predicted octanol–water partition coefficient (Wildman–Crippen LogP) is 2.22. The van der Waals surface area contributed by atoms with Gasteiger partial charge in [0, 0.05) is 19.2 Å². The van der Waals surface area contributed by atoms with E-state index in [-0.39, 0.29) is 0 Å². The van der Waals surface area contributed by atoms with Crippen molar-refractivity contribution in [3.05, 3.63) is 29.9 Å². The quantitative estimate of drug-likeness (QED) is 0.802. The van der Waals surface area contributed by atoms with E-state index in [1.54, 1.807) is 6.20 Å². The summed E-state index contributed by atoms with van der Waals surface area (Å²) in [7, 11) is 0. The molecule has 0 saturated carbocycles. The summed E-state index contributed by atoms with van der Waals surface area (Å²) in [6.45, 7) is 9.26. The van der Waals surface area contributed by atoms with Gasteiger partial charge in [-0.3, -0.25) is 4.68 Å². The molecule has 6 heteroatoms. The molecule has 2 aromatic rings. The number of rotatable bonds is 8. The number of nitrogens with zero attached hydrogens (tertiary/aromatic N) is 3. The van der Waals surface area contributed by atoms with E-state index in [1.807, 2.05) is 23.9 Å². The average molecular weight is 278 g/mol. The van der Waals surface area contributed by atoms with Crippen molar-refractivity contribution >= 4 is 0 Å². The molecule has 20 heavy (non-hydrogen) atoms. The van der Waals surface area contributed by atoms with Gasteiger partial charge in [0.05, 0.1) is 18.1 Å². The molecule has 2 aromatic heterocycles. The number of hydrogen-bond acceptors (Lipinski definition) is 5. The Kier molecular flexibility index (Phi) is 5.17. The molecule has 0 spiro atoms. The SMILES string of the molecule is CCn1cc(OCc2cc(CNCC(C)C)no2)cn1. The highest BCUT2D eigenvalue weighted by atomic mass is 16.5. The lowest BCUT2D eigenvalue weighted by molar-refractivity contribution is 0.248. The lowest BCUT2D eigenvalue weighted by Gasteiger charge is -2.04. The van der Waals surface area contributed by atoms with Crippen molar-refractivity contribution in [2.45, 2.75) is 40.5 Å². The minimum absolute atomic E-state index is 0.368. The van der Waals surface area contributed by atoms with E-state index < -0.39 is 0 Å². The van der Waals surface area contributed by atoms with Crippen LogP contribution in [0.25, 0.3) is 0 Å². The van der Waals surface area contributed by atoms with Crippen LogP contribution in [0.1, 0.15) is 32.2 Å². The molecule has 0 aliphatic carbocycles. The molecule has 0 bridgehead atoms. The van der Waals surface area contributed by atoms with Crippen molar-refractivity contribution in [3.8, 4) is 5.75 Å². The third kappa shape index (κ3) is 4.38. The van der Waals surface area contributed by atoms with Crippen LogP contribution in [0.4, 0.5) is 0 Å². The zero-order valence-corrected chi connectivity index (χ0v) is 12.3. The molecule has 110 valence electrons. The molecule has 6 nitrogen and oxygen atoms in total. The minimum atomic E-state index is 0.368. The third-order valence-corrected chi connectivity index (χ3v) is 2.78. The minimum Gasteiger partial charge on any atom is -0.482 e. The second-order valence-electron chi connectivity index (χ2n) is 5.13. The van der Waals surface area contributed by atoms with Gasteiger partial charge in [0.25, 0.3) is 0 Å². The second kappa shape index (κ2) is 7.09. The van der Waals surface area contributed by atoms with Crippen molar-refractivity contribution in [1.29, 1.82) is 0 Å². The lowest BCUT2D eigenvalue weighted by atomic mass is 10.2. The van der Waals surface area contributed by atoms with E-state index in [4.69, 9.17) is 9.26 Å². The number of ether oxygens (including phenoxy) is 1. The molecule has 0 saturated heterocycles. The molecule has 2 heterocycles. The Balaban J connectivity index is 1.77. The van der Waals surface area contributed by atoms with E-state index in [2.05, 4.69) is 29.4 Å². The Hall–Kier alpha value is -1.82. The smallest absolute Gasteiger partial charge is 0.174 e. The van der Waals surface area contributed by atoms with Crippen molar-refractivity contribution in [2.75, 3.05) is 6.54 Å². The molecule has 0 unspecified atom stereocenters. The van der Waals surface area contributed by atoms with Gasteiger partial charge in [-0.05, 0) is 19.4 Å². The first kappa shape index (κ1) is 14.6. The van der Waals surface area contributed by atoms with Crippen LogP contribution < -0.4 is 10.1 Å². The molecule has 0 aliphatic heterocycles. The zero-order chi connectivity index (χ0) is 14.4. The van der Waals surface area contributed by atoms with Gasteiger partial charge >= 0.3 is 0 Å². The maximum absolute atomic E-state index is 5.59. The van der Waals surface area contributed by atoms with Crippen molar-refractivity contribution in [2.24, 2.45) is 5.92 Å². The van der Waals surface area contributed by atoms with Gasteiger partial charge in [0.15, 0.2) is 11.5 Å². The van der Waals surface area contributed by atoms with Gasteiger partial charge in [0.1, 0.15) is 6.61 Å². The second-order valence-corrected chi connectivity index (χ2v) is 5.13. The van der Waals surface area contributed by atoms with E-state index in [1.165, 1.54) is 0 Å². The van der Waals surface area contributed by atoms with Crippen LogP contribution in [0.15, 0.2) is 23.0 Å². The fraction of sp³-hybridized carbons (Fsp3) is 0.571. The molecule has 0 amide bonds. The van der Waals surface area contributed by atoms with Crippen molar-refractivity contribution < 1.29 is 9.26 Å². The average Bonchev–Trinajstić information content (AvgIpc) is 3.04. The summed E-state index contributed by atoms with van der Waals surface area (Å²) in [5.41, 5.74) is 0.897. The van der Waals surface area contributed by atoms with E-state index in [0.717, 1.165) is 36.8 Å². The number of aryl methyl sites for hydroxylation is 1. The van der Waals surface area contributed by atoms with Crippen molar-refractivity contribution in [3.63, 3.8) is 0 Å². The molecule has 1 N–H and O–H groups in total. The predicted molar refractivity (Wildman–Crippen MR) is 75.3 cm³/mol. The third-order valence-electron chi connectivity index (χ3n) is 2.78. The Morgan fingerprint density at radius 3 is 3.00 bits per heavy atom.